The van der Waals surface area contributed by atoms with E-state index in [4.69, 9.17) is 20.8 Å². The predicted molar refractivity (Wildman–Crippen MR) is 156 cm³/mol. The van der Waals surface area contributed by atoms with Gasteiger partial charge in [0.05, 0.1) is 18.0 Å². The molecule has 0 bridgehead atoms. The third-order valence-corrected chi connectivity index (χ3v) is 8.95. The number of ether oxygens (including phenoxy) is 1. The molecule has 1 atom stereocenters. The first-order valence-corrected chi connectivity index (χ1v) is 14.5. The summed E-state index contributed by atoms with van der Waals surface area (Å²) in [4.78, 5) is 0.210. The van der Waals surface area contributed by atoms with Gasteiger partial charge in [-0.15, -0.1) is 0 Å². The number of anilines is 1. The van der Waals surface area contributed by atoms with Crippen molar-refractivity contribution in [3.8, 4) is 0 Å². The van der Waals surface area contributed by atoms with Crippen LogP contribution in [0.25, 0.3) is 16.5 Å². The Bertz CT molecular complexity index is 1760. The second-order valence-electron chi connectivity index (χ2n) is 9.50. The molecule has 0 spiro atoms. The van der Waals surface area contributed by atoms with Gasteiger partial charge in [0.1, 0.15) is 17.4 Å². The van der Waals surface area contributed by atoms with Gasteiger partial charge in [0.2, 0.25) is 0 Å². The van der Waals surface area contributed by atoms with Gasteiger partial charge in [0, 0.05) is 10.4 Å². The van der Waals surface area contributed by atoms with E-state index >= 15 is 0 Å². The van der Waals surface area contributed by atoms with E-state index in [1.807, 2.05) is 91.9 Å². The fourth-order valence-corrected chi connectivity index (χ4v) is 6.43. The van der Waals surface area contributed by atoms with E-state index in [1.165, 1.54) is 4.31 Å². The van der Waals surface area contributed by atoms with E-state index in [0.717, 1.165) is 22.3 Å². The number of para-hydroxylation sites is 1. The van der Waals surface area contributed by atoms with Crippen LogP contribution in [0.1, 0.15) is 28.6 Å². The minimum absolute atomic E-state index is 0.105. The molecule has 1 aromatic heterocycles. The lowest BCUT2D eigenvalue weighted by molar-refractivity contribution is 0.0931. The van der Waals surface area contributed by atoms with Crippen molar-refractivity contribution in [3.63, 3.8) is 0 Å². The predicted octanol–water partition coefficient (Wildman–Crippen LogP) is 7.79. The van der Waals surface area contributed by atoms with Crippen molar-refractivity contribution in [1.29, 1.82) is 0 Å². The van der Waals surface area contributed by atoms with Gasteiger partial charge in [0.15, 0.2) is 5.76 Å². The van der Waals surface area contributed by atoms with Crippen molar-refractivity contribution in [2.75, 3.05) is 17.5 Å². The van der Waals surface area contributed by atoms with E-state index in [9.17, 15) is 8.42 Å². The molecule has 0 N–H and O–H groups in total. The number of sulfonamides is 1. The fourth-order valence-electron chi connectivity index (χ4n) is 4.87. The summed E-state index contributed by atoms with van der Waals surface area (Å²) in [5.74, 6) is 0.428. The van der Waals surface area contributed by atoms with Gasteiger partial charge < -0.3 is 9.15 Å². The monoisotopic (exact) mass is 555 g/mol. The number of rotatable bonds is 4. The van der Waals surface area contributed by atoms with Gasteiger partial charge in [-0.2, -0.15) is 0 Å². The molecule has 5 nitrogen and oxygen atoms in total. The molecule has 7 heteroatoms. The number of benzene rings is 4. The molecular formula is C32H26ClNO4S. The van der Waals surface area contributed by atoms with E-state index in [2.05, 4.69) is 0 Å². The summed E-state index contributed by atoms with van der Waals surface area (Å²) in [5, 5.41) is 1.29. The summed E-state index contributed by atoms with van der Waals surface area (Å²) in [7, 11) is -3.98. The van der Waals surface area contributed by atoms with Crippen LogP contribution >= 0.6 is 11.6 Å². The van der Waals surface area contributed by atoms with E-state index in [1.54, 1.807) is 24.3 Å². The zero-order valence-corrected chi connectivity index (χ0v) is 22.8. The highest BCUT2D eigenvalue weighted by atomic mass is 35.5. The van der Waals surface area contributed by atoms with Crippen molar-refractivity contribution in [1.82, 2.24) is 0 Å². The van der Waals surface area contributed by atoms with Gasteiger partial charge >= 0.3 is 0 Å². The molecular weight excluding hydrogens is 530 g/mol. The van der Waals surface area contributed by atoms with Crippen LogP contribution in [0.15, 0.2) is 119 Å². The van der Waals surface area contributed by atoms with Gasteiger partial charge in [-0.3, -0.25) is 4.31 Å². The molecule has 0 saturated heterocycles. The quantitative estimate of drug-likeness (QED) is 0.227. The molecule has 196 valence electrons. The minimum atomic E-state index is -3.98. The van der Waals surface area contributed by atoms with Crippen molar-refractivity contribution in [2.45, 2.75) is 17.9 Å². The largest absolute Gasteiger partial charge is 0.456 e. The van der Waals surface area contributed by atoms with Gasteiger partial charge in [-0.25, -0.2) is 8.42 Å². The maximum Gasteiger partial charge on any atom is 0.264 e. The van der Waals surface area contributed by atoms with Crippen LogP contribution in [-0.2, 0) is 14.8 Å². The first-order valence-electron chi connectivity index (χ1n) is 12.6. The molecule has 0 fully saturated rings. The highest BCUT2D eigenvalue weighted by Crippen LogP contribution is 2.44. The molecule has 1 unspecified atom stereocenters. The van der Waals surface area contributed by atoms with Crippen molar-refractivity contribution < 1.29 is 17.6 Å². The van der Waals surface area contributed by atoms with Crippen LogP contribution in [0.5, 0.6) is 0 Å². The Labute approximate surface area is 233 Å². The highest BCUT2D eigenvalue weighted by molar-refractivity contribution is 7.92. The Hall–Kier alpha value is -3.84. The summed E-state index contributed by atoms with van der Waals surface area (Å²) in [6.45, 7) is 2.29. The van der Waals surface area contributed by atoms with Gasteiger partial charge in [-0.05, 0) is 60.0 Å². The number of halogens is 1. The van der Waals surface area contributed by atoms with Crippen LogP contribution in [-0.4, -0.2) is 21.6 Å². The molecule has 5 aromatic rings. The fraction of sp³-hybridized carbons (Fsp3) is 0.125. The maximum atomic E-state index is 14.3. The normalized spacial score (nSPS) is 17.5. The van der Waals surface area contributed by atoms with Crippen LogP contribution in [0.2, 0.25) is 5.02 Å². The smallest absolute Gasteiger partial charge is 0.264 e. The molecule has 1 aliphatic rings. The lowest BCUT2D eigenvalue weighted by Crippen LogP contribution is -2.32. The Morgan fingerprint density at radius 2 is 1.54 bits per heavy atom. The van der Waals surface area contributed by atoms with Gasteiger partial charge in [-0.1, -0.05) is 90.0 Å². The molecule has 39 heavy (non-hydrogen) atoms. The van der Waals surface area contributed by atoms with E-state index in [0.29, 0.717) is 27.4 Å². The van der Waals surface area contributed by atoms with Crippen molar-refractivity contribution >= 4 is 43.9 Å². The van der Waals surface area contributed by atoms with Crippen molar-refractivity contribution in [2.24, 2.45) is 0 Å². The first-order chi connectivity index (χ1) is 18.9. The lowest BCUT2D eigenvalue weighted by atomic mass is 10.0. The van der Waals surface area contributed by atoms with Crippen molar-refractivity contribution in [3.05, 3.63) is 137 Å². The number of fused-ring (bicyclic) bond motifs is 3. The molecule has 0 saturated carbocycles. The van der Waals surface area contributed by atoms with Crippen LogP contribution < -0.4 is 4.31 Å². The second kappa shape index (κ2) is 10.4. The highest BCUT2D eigenvalue weighted by Gasteiger charge is 2.35. The maximum absolute atomic E-state index is 14.3. The molecule has 0 aliphatic carbocycles. The summed E-state index contributed by atoms with van der Waals surface area (Å²) in [6.07, 6.45) is 1.25. The topological polar surface area (TPSA) is 59.8 Å². The average Bonchev–Trinajstić information content (AvgIpc) is 3.35. The molecule has 0 amide bonds. The van der Waals surface area contributed by atoms with E-state index in [-0.39, 0.29) is 18.0 Å². The number of aryl methyl sites for hydroxylation is 1. The standard InChI is InChI=1S/C32H26ClNO4S/c1-22-11-17-27(18-12-22)39(35,36)34-20-19-25(23-7-3-2-4-8-23)21-37-31(24-13-15-26(33)16-14-24)32-30(34)28-9-5-6-10-29(28)38-32/h2-19,31H,20-21H2,1H3/b25-19+. The molecule has 0 radical (unpaired) electrons. The summed E-state index contributed by atoms with van der Waals surface area (Å²) >= 11 is 6.20. The number of furan rings is 1. The molecule has 1 aliphatic heterocycles. The number of hydrogen-bond donors (Lipinski definition) is 0. The molecule has 2 heterocycles. The Kier molecular flexibility index (Phi) is 6.77. The summed E-state index contributed by atoms with van der Waals surface area (Å²) in [6, 6.07) is 31.6. The lowest BCUT2D eigenvalue weighted by Gasteiger charge is -2.25. The Balaban J connectivity index is 1.61. The number of nitrogens with zero attached hydrogens (tertiary/aromatic N) is 1. The van der Waals surface area contributed by atoms with Crippen LogP contribution in [0.4, 0.5) is 5.69 Å². The second-order valence-corrected chi connectivity index (χ2v) is 11.8. The SMILES string of the molecule is Cc1ccc(S(=O)(=O)N2C/C=C(/c3ccccc3)COC(c3ccc(Cl)cc3)c3oc4ccccc4c32)cc1. The Morgan fingerprint density at radius 1 is 0.846 bits per heavy atom. The van der Waals surface area contributed by atoms with E-state index < -0.39 is 16.1 Å². The Morgan fingerprint density at radius 3 is 2.28 bits per heavy atom. The molecule has 4 aromatic carbocycles. The average molecular weight is 556 g/mol. The van der Waals surface area contributed by atoms with Crippen LogP contribution in [0.3, 0.4) is 0 Å². The first kappa shape index (κ1) is 25.4. The molecule has 6 rings (SSSR count). The zero-order valence-electron chi connectivity index (χ0n) is 21.3. The minimum Gasteiger partial charge on any atom is -0.456 e. The third-order valence-electron chi connectivity index (χ3n) is 6.92. The summed E-state index contributed by atoms with van der Waals surface area (Å²) < 4.78 is 43.0. The van der Waals surface area contributed by atoms with Gasteiger partial charge in [0.25, 0.3) is 10.0 Å². The van der Waals surface area contributed by atoms with Crippen LogP contribution in [0, 0.1) is 6.92 Å². The zero-order chi connectivity index (χ0) is 27.0. The third kappa shape index (κ3) is 4.87. The number of hydrogen-bond acceptors (Lipinski definition) is 4. The summed E-state index contributed by atoms with van der Waals surface area (Å²) in [5.41, 5.74) is 4.69.